The van der Waals surface area contributed by atoms with E-state index in [-0.39, 0.29) is 0 Å². The maximum Gasteiger partial charge on any atom is 0.224 e. The van der Waals surface area contributed by atoms with Crippen LogP contribution >= 0.6 is 11.6 Å². The van der Waals surface area contributed by atoms with Crippen molar-refractivity contribution in [3.8, 4) is 0 Å². The highest BCUT2D eigenvalue weighted by atomic mass is 35.5. The molecule has 1 saturated heterocycles. The molecule has 0 atom stereocenters. The molecule has 0 spiro atoms. The molecule has 0 aliphatic carbocycles. The Balaban J connectivity index is 2.10. The van der Waals surface area contributed by atoms with Crippen LogP contribution in [0.1, 0.15) is 13.8 Å². The Hall–Kier alpha value is -1.07. The number of nitrogens with zero attached hydrogens (tertiary/aromatic N) is 4. The van der Waals surface area contributed by atoms with Crippen molar-refractivity contribution in [1.29, 1.82) is 0 Å². The van der Waals surface area contributed by atoms with Crippen molar-refractivity contribution in [2.75, 3.05) is 49.5 Å². The van der Waals surface area contributed by atoms with Gasteiger partial charge in [0.2, 0.25) is 5.95 Å². The quantitative estimate of drug-likeness (QED) is 0.901. The van der Waals surface area contributed by atoms with E-state index in [1.807, 2.05) is 6.92 Å². The highest BCUT2D eigenvalue weighted by Gasteiger charge is 2.19. The molecule has 1 fully saturated rings. The van der Waals surface area contributed by atoms with Crippen LogP contribution in [0, 0.1) is 0 Å². The Kier molecular flexibility index (Phi) is 4.60. The zero-order valence-corrected chi connectivity index (χ0v) is 11.7. The number of anilines is 2. The Morgan fingerprint density at radius 2 is 2.00 bits per heavy atom. The number of nitrogens with one attached hydrogen (secondary N) is 1. The lowest BCUT2D eigenvalue weighted by Gasteiger charge is -2.35. The fourth-order valence-corrected chi connectivity index (χ4v) is 2.31. The number of rotatable bonds is 4. The van der Waals surface area contributed by atoms with Gasteiger partial charge in [-0.2, -0.15) is 4.98 Å². The van der Waals surface area contributed by atoms with Crippen molar-refractivity contribution >= 4 is 23.4 Å². The molecule has 2 heterocycles. The van der Waals surface area contributed by atoms with Gasteiger partial charge in [0.15, 0.2) is 5.82 Å². The standard InChI is InChI=1S/C12H20ClN5/c1-3-14-12-15-9-10(13)11(16-12)18-7-5-17(4-2)6-8-18/h9H,3-8H2,1-2H3,(H,14,15,16). The van der Waals surface area contributed by atoms with Crippen molar-refractivity contribution in [2.24, 2.45) is 0 Å². The summed E-state index contributed by atoms with van der Waals surface area (Å²) in [6, 6.07) is 0. The van der Waals surface area contributed by atoms with E-state index in [0.717, 1.165) is 45.1 Å². The molecule has 0 radical (unpaired) electrons. The minimum atomic E-state index is 0.626. The van der Waals surface area contributed by atoms with Gasteiger partial charge in [-0.25, -0.2) is 4.98 Å². The first kappa shape index (κ1) is 13.4. The van der Waals surface area contributed by atoms with Gasteiger partial charge in [0.25, 0.3) is 0 Å². The number of hydrogen-bond acceptors (Lipinski definition) is 5. The summed E-state index contributed by atoms with van der Waals surface area (Å²) in [5, 5.41) is 3.74. The van der Waals surface area contributed by atoms with E-state index in [4.69, 9.17) is 11.6 Å². The minimum absolute atomic E-state index is 0.626. The number of piperazine rings is 1. The first-order chi connectivity index (χ1) is 8.74. The Morgan fingerprint density at radius 3 is 2.61 bits per heavy atom. The summed E-state index contributed by atoms with van der Waals surface area (Å²) in [6.07, 6.45) is 1.67. The first-order valence-electron chi connectivity index (χ1n) is 6.48. The molecular weight excluding hydrogens is 250 g/mol. The summed E-state index contributed by atoms with van der Waals surface area (Å²) in [5.41, 5.74) is 0. The van der Waals surface area contributed by atoms with Crippen molar-refractivity contribution in [2.45, 2.75) is 13.8 Å². The second kappa shape index (κ2) is 6.20. The van der Waals surface area contributed by atoms with Crippen LogP contribution in [-0.2, 0) is 0 Å². The molecule has 18 heavy (non-hydrogen) atoms. The van der Waals surface area contributed by atoms with Crippen LogP contribution in [0.15, 0.2) is 6.20 Å². The molecule has 0 saturated carbocycles. The monoisotopic (exact) mass is 269 g/mol. The second-order valence-electron chi connectivity index (χ2n) is 4.32. The number of aromatic nitrogens is 2. The Labute approximate surface area is 113 Å². The fourth-order valence-electron chi connectivity index (χ4n) is 2.10. The topological polar surface area (TPSA) is 44.3 Å². The second-order valence-corrected chi connectivity index (χ2v) is 4.72. The van der Waals surface area contributed by atoms with Gasteiger partial charge in [0.1, 0.15) is 5.02 Å². The Bertz CT molecular complexity index is 390. The summed E-state index contributed by atoms with van der Waals surface area (Å²) in [7, 11) is 0. The van der Waals surface area contributed by atoms with Gasteiger partial charge in [0, 0.05) is 32.7 Å². The first-order valence-corrected chi connectivity index (χ1v) is 6.86. The van der Waals surface area contributed by atoms with Crippen LogP contribution in [0.2, 0.25) is 5.02 Å². The predicted octanol–water partition coefficient (Wildman–Crippen LogP) is 1.70. The zero-order valence-electron chi connectivity index (χ0n) is 11.0. The molecule has 1 aliphatic heterocycles. The molecule has 1 N–H and O–H groups in total. The van der Waals surface area contributed by atoms with Crippen LogP contribution < -0.4 is 10.2 Å². The average Bonchev–Trinajstić information content (AvgIpc) is 2.41. The summed E-state index contributed by atoms with van der Waals surface area (Å²) in [6.45, 7) is 10.2. The van der Waals surface area contributed by atoms with Gasteiger partial charge in [-0.15, -0.1) is 0 Å². The van der Waals surface area contributed by atoms with Crippen molar-refractivity contribution < 1.29 is 0 Å². The van der Waals surface area contributed by atoms with E-state index >= 15 is 0 Å². The maximum absolute atomic E-state index is 6.19. The number of hydrogen-bond donors (Lipinski definition) is 1. The van der Waals surface area contributed by atoms with Gasteiger partial charge in [0.05, 0.1) is 6.20 Å². The summed E-state index contributed by atoms with van der Waals surface area (Å²) >= 11 is 6.19. The third-order valence-electron chi connectivity index (χ3n) is 3.18. The average molecular weight is 270 g/mol. The minimum Gasteiger partial charge on any atom is -0.354 e. The van der Waals surface area contributed by atoms with Gasteiger partial charge in [-0.1, -0.05) is 18.5 Å². The van der Waals surface area contributed by atoms with E-state index < -0.39 is 0 Å². The molecule has 0 amide bonds. The van der Waals surface area contributed by atoms with Crippen LogP contribution in [-0.4, -0.2) is 54.1 Å². The predicted molar refractivity (Wildman–Crippen MR) is 75.5 cm³/mol. The molecule has 2 rings (SSSR count). The van der Waals surface area contributed by atoms with Crippen LogP contribution in [0.4, 0.5) is 11.8 Å². The molecule has 0 bridgehead atoms. The zero-order chi connectivity index (χ0) is 13.0. The SMILES string of the molecule is CCNc1ncc(Cl)c(N2CCN(CC)CC2)n1. The molecule has 1 aliphatic rings. The maximum atomic E-state index is 6.19. The molecule has 6 heteroatoms. The highest BCUT2D eigenvalue weighted by molar-refractivity contribution is 6.32. The van der Waals surface area contributed by atoms with Crippen LogP contribution in [0.25, 0.3) is 0 Å². The van der Waals surface area contributed by atoms with E-state index in [2.05, 4.69) is 32.0 Å². The van der Waals surface area contributed by atoms with Gasteiger partial charge in [-0.05, 0) is 13.5 Å². The third-order valence-corrected chi connectivity index (χ3v) is 3.45. The third kappa shape index (κ3) is 3.03. The highest BCUT2D eigenvalue weighted by Crippen LogP contribution is 2.24. The van der Waals surface area contributed by atoms with E-state index in [0.29, 0.717) is 11.0 Å². The molecule has 1 aromatic heterocycles. The molecule has 0 aromatic carbocycles. The van der Waals surface area contributed by atoms with Crippen molar-refractivity contribution in [1.82, 2.24) is 14.9 Å². The van der Waals surface area contributed by atoms with Gasteiger partial charge in [-0.3, -0.25) is 0 Å². The molecule has 100 valence electrons. The lowest BCUT2D eigenvalue weighted by molar-refractivity contribution is 0.270. The van der Waals surface area contributed by atoms with Crippen LogP contribution in [0.3, 0.4) is 0 Å². The molecule has 5 nitrogen and oxygen atoms in total. The number of likely N-dealkylation sites (N-methyl/N-ethyl adjacent to an activating group) is 1. The van der Waals surface area contributed by atoms with Crippen LogP contribution in [0.5, 0.6) is 0 Å². The molecule has 0 unspecified atom stereocenters. The lowest BCUT2D eigenvalue weighted by atomic mass is 10.3. The van der Waals surface area contributed by atoms with E-state index in [1.165, 1.54) is 0 Å². The summed E-state index contributed by atoms with van der Waals surface area (Å²) < 4.78 is 0. The molecule has 1 aromatic rings. The van der Waals surface area contributed by atoms with Crippen molar-refractivity contribution in [3.63, 3.8) is 0 Å². The lowest BCUT2D eigenvalue weighted by Crippen LogP contribution is -2.46. The fraction of sp³-hybridized carbons (Fsp3) is 0.667. The molecular formula is C12H20ClN5. The van der Waals surface area contributed by atoms with E-state index in [1.54, 1.807) is 6.20 Å². The van der Waals surface area contributed by atoms with E-state index in [9.17, 15) is 0 Å². The largest absolute Gasteiger partial charge is 0.354 e. The number of halogens is 1. The van der Waals surface area contributed by atoms with Gasteiger partial charge < -0.3 is 15.1 Å². The Morgan fingerprint density at radius 1 is 1.28 bits per heavy atom. The summed E-state index contributed by atoms with van der Waals surface area (Å²) in [5.74, 6) is 1.49. The van der Waals surface area contributed by atoms with Gasteiger partial charge >= 0.3 is 0 Å². The van der Waals surface area contributed by atoms with Crippen molar-refractivity contribution in [3.05, 3.63) is 11.2 Å². The smallest absolute Gasteiger partial charge is 0.224 e. The normalized spacial score (nSPS) is 16.9. The summed E-state index contributed by atoms with van der Waals surface area (Å²) in [4.78, 5) is 13.3.